The van der Waals surface area contributed by atoms with E-state index in [1.165, 1.54) is 24.3 Å². The first kappa shape index (κ1) is 18.4. The van der Waals surface area contributed by atoms with E-state index in [1.54, 1.807) is 0 Å². The van der Waals surface area contributed by atoms with Crippen molar-refractivity contribution < 1.29 is 14.0 Å². The first-order chi connectivity index (χ1) is 11.6. The summed E-state index contributed by atoms with van der Waals surface area (Å²) >= 11 is 0. The summed E-state index contributed by atoms with van der Waals surface area (Å²) in [4.78, 5) is 25.9. The highest BCUT2D eigenvalue weighted by Crippen LogP contribution is 2.02. The fourth-order valence-electron chi connectivity index (χ4n) is 2.53. The highest BCUT2D eigenvalue weighted by atomic mass is 19.1. The molecule has 2 amide bonds. The summed E-state index contributed by atoms with van der Waals surface area (Å²) in [5, 5.41) is 8.92. The Labute approximate surface area is 141 Å². The van der Waals surface area contributed by atoms with Gasteiger partial charge in [0.25, 0.3) is 5.91 Å². The summed E-state index contributed by atoms with van der Waals surface area (Å²) in [5.41, 5.74) is 0.414. The van der Waals surface area contributed by atoms with Crippen molar-refractivity contribution in [3.05, 3.63) is 35.6 Å². The fraction of sp³-hybridized carbons (Fsp3) is 0.529. The molecule has 0 bridgehead atoms. The van der Waals surface area contributed by atoms with Crippen LogP contribution >= 0.6 is 0 Å². The van der Waals surface area contributed by atoms with Crippen molar-refractivity contribution in [2.24, 2.45) is 0 Å². The molecule has 1 saturated heterocycles. The van der Waals surface area contributed by atoms with Gasteiger partial charge in [0.05, 0.1) is 0 Å². The van der Waals surface area contributed by atoms with E-state index in [1.807, 2.05) is 0 Å². The van der Waals surface area contributed by atoms with Crippen molar-refractivity contribution in [3.63, 3.8) is 0 Å². The predicted octanol–water partition coefficient (Wildman–Crippen LogP) is 0.357. The molecule has 1 heterocycles. The third-order valence-electron chi connectivity index (χ3n) is 3.93. The van der Waals surface area contributed by atoms with Gasteiger partial charge < -0.3 is 16.0 Å². The second-order valence-corrected chi connectivity index (χ2v) is 5.81. The zero-order chi connectivity index (χ0) is 17.2. The Kier molecular flexibility index (Phi) is 7.64. The minimum absolute atomic E-state index is 0.00108. The molecule has 0 atom stereocenters. The third kappa shape index (κ3) is 6.64. The number of benzene rings is 1. The van der Waals surface area contributed by atoms with Gasteiger partial charge in [0.2, 0.25) is 5.91 Å². The van der Waals surface area contributed by atoms with E-state index in [2.05, 4.69) is 20.9 Å². The molecule has 0 radical (unpaired) electrons. The normalized spacial score (nSPS) is 15.0. The molecular formula is C17H25FN4O2. The average Bonchev–Trinajstić information content (AvgIpc) is 2.60. The highest BCUT2D eigenvalue weighted by Gasteiger charge is 2.09. The Hall–Kier alpha value is -1.99. The van der Waals surface area contributed by atoms with Crippen molar-refractivity contribution in [1.29, 1.82) is 0 Å². The van der Waals surface area contributed by atoms with Crippen LogP contribution in [0.3, 0.4) is 0 Å². The number of carbonyl (C=O) groups is 2. The van der Waals surface area contributed by atoms with Gasteiger partial charge in [-0.2, -0.15) is 0 Å². The van der Waals surface area contributed by atoms with Crippen molar-refractivity contribution in [3.8, 4) is 0 Å². The van der Waals surface area contributed by atoms with Crippen LogP contribution in [0.4, 0.5) is 4.39 Å². The molecule has 0 unspecified atom stereocenters. The summed E-state index contributed by atoms with van der Waals surface area (Å²) in [6.45, 7) is 5.98. The van der Waals surface area contributed by atoms with E-state index in [4.69, 9.17) is 0 Å². The average molecular weight is 336 g/mol. The first-order valence-corrected chi connectivity index (χ1v) is 8.39. The first-order valence-electron chi connectivity index (χ1n) is 8.39. The van der Waals surface area contributed by atoms with Gasteiger partial charge in [0.1, 0.15) is 5.82 Å². The summed E-state index contributed by atoms with van der Waals surface area (Å²) in [5.74, 6) is -0.626. The minimum atomic E-state index is -0.371. The number of piperazine rings is 1. The lowest BCUT2D eigenvalue weighted by atomic mass is 10.2. The maximum Gasteiger partial charge on any atom is 0.251 e. The summed E-state index contributed by atoms with van der Waals surface area (Å²) in [6.07, 6.45) is 0.956. The maximum atomic E-state index is 12.8. The van der Waals surface area contributed by atoms with Crippen molar-refractivity contribution in [1.82, 2.24) is 20.9 Å². The van der Waals surface area contributed by atoms with Crippen molar-refractivity contribution in [2.75, 3.05) is 45.8 Å². The van der Waals surface area contributed by atoms with Crippen LogP contribution < -0.4 is 16.0 Å². The van der Waals surface area contributed by atoms with Gasteiger partial charge in [-0.1, -0.05) is 0 Å². The van der Waals surface area contributed by atoms with Gasteiger partial charge in [-0.15, -0.1) is 0 Å². The fourth-order valence-corrected chi connectivity index (χ4v) is 2.53. The molecule has 7 heteroatoms. The molecule has 0 aromatic heterocycles. The van der Waals surface area contributed by atoms with Crippen molar-refractivity contribution in [2.45, 2.75) is 12.8 Å². The summed E-state index contributed by atoms with van der Waals surface area (Å²) in [6, 6.07) is 5.38. The number of nitrogens with one attached hydrogen (secondary N) is 3. The highest BCUT2D eigenvalue weighted by molar-refractivity contribution is 5.94. The third-order valence-corrected chi connectivity index (χ3v) is 3.93. The van der Waals surface area contributed by atoms with E-state index in [0.29, 0.717) is 31.5 Å². The van der Waals surface area contributed by atoms with Crippen LogP contribution in [0.5, 0.6) is 0 Å². The van der Waals surface area contributed by atoms with Crippen LogP contribution in [0.15, 0.2) is 24.3 Å². The second kappa shape index (κ2) is 10.00. The van der Waals surface area contributed by atoms with E-state index >= 15 is 0 Å². The van der Waals surface area contributed by atoms with E-state index < -0.39 is 0 Å². The molecule has 0 spiro atoms. The lowest BCUT2D eigenvalue weighted by Crippen LogP contribution is -2.46. The number of rotatable bonds is 8. The molecule has 2 rings (SSSR count). The Balaban J connectivity index is 1.52. The molecule has 1 aliphatic heterocycles. The van der Waals surface area contributed by atoms with Gasteiger partial charge in [-0.05, 0) is 30.7 Å². The van der Waals surface area contributed by atoms with Gasteiger partial charge in [-0.25, -0.2) is 4.39 Å². The molecule has 3 N–H and O–H groups in total. The van der Waals surface area contributed by atoms with Crippen LogP contribution in [0.2, 0.25) is 0 Å². The maximum absolute atomic E-state index is 12.8. The second-order valence-electron chi connectivity index (χ2n) is 5.81. The zero-order valence-corrected chi connectivity index (χ0v) is 13.8. The Morgan fingerprint density at radius 3 is 2.50 bits per heavy atom. The molecule has 132 valence electrons. The molecule has 6 nitrogen and oxygen atoms in total. The predicted molar refractivity (Wildman–Crippen MR) is 90.3 cm³/mol. The summed E-state index contributed by atoms with van der Waals surface area (Å²) < 4.78 is 12.8. The smallest absolute Gasteiger partial charge is 0.251 e. The number of nitrogens with zero attached hydrogens (tertiary/aromatic N) is 1. The number of hydrogen-bond donors (Lipinski definition) is 3. The molecular weight excluding hydrogens is 311 g/mol. The van der Waals surface area contributed by atoms with Crippen LogP contribution in [0.1, 0.15) is 23.2 Å². The van der Waals surface area contributed by atoms with Crippen LogP contribution in [0, 0.1) is 5.82 Å². The number of halogens is 1. The largest absolute Gasteiger partial charge is 0.355 e. The lowest BCUT2D eigenvalue weighted by molar-refractivity contribution is -0.121. The van der Waals surface area contributed by atoms with Crippen molar-refractivity contribution >= 4 is 11.8 Å². The number of hydrogen-bond acceptors (Lipinski definition) is 4. The van der Waals surface area contributed by atoms with Gasteiger partial charge >= 0.3 is 0 Å². The molecule has 1 aromatic carbocycles. The van der Waals surface area contributed by atoms with Crippen LogP contribution in [-0.2, 0) is 4.79 Å². The van der Waals surface area contributed by atoms with Gasteiger partial charge in [0.15, 0.2) is 0 Å². The monoisotopic (exact) mass is 336 g/mol. The quantitative estimate of drug-likeness (QED) is 0.599. The Morgan fingerprint density at radius 1 is 1.08 bits per heavy atom. The molecule has 0 saturated carbocycles. The lowest BCUT2D eigenvalue weighted by Gasteiger charge is -2.27. The SMILES string of the molecule is O=C(CCCNC(=O)c1ccc(F)cc1)NCCN1CCNCC1. The number of carbonyl (C=O) groups excluding carboxylic acids is 2. The molecule has 24 heavy (non-hydrogen) atoms. The number of amides is 2. The topological polar surface area (TPSA) is 73.5 Å². The molecule has 0 aliphatic carbocycles. The van der Waals surface area contributed by atoms with Crippen LogP contribution in [0.25, 0.3) is 0 Å². The van der Waals surface area contributed by atoms with E-state index in [-0.39, 0.29) is 17.6 Å². The van der Waals surface area contributed by atoms with Gasteiger partial charge in [0, 0.05) is 57.8 Å². The van der Waals surface area contributed by atoms with Crippen LogP contribution in [-0.4, -0.2) is 62.5 Å². The molecule has 1 aliphatic rings. The Bertz CT molecular complexity index is 530. The minimum Gasteiger partial charge on any atom is -0.355 e. The zero-order valence-electron chi connectivity index (χ0n) is 13.8. The standard InChI is InChI=1S/C17H25FN4O2/c18-15-5-3-14(4-6-15)17(24)21-7-1-2-16(23)20-10-13-22-11-8-19-9-12-22/h3-6,19H,1-2,7-13H2,(H,20,23)(H,21,24). The molecule has 1 aromatic rings. The summed E-state index contributed by atoms with van der Waals surface area (Å²) in [7, 11) is 0. The van der Waals surface area contributed by atoms with E-state index in [0.717, 1.165) is 32.7 Å². The van der Waals surface area contributed by atoms with E-state index in [9.17, 15) is 14.0 Å². The van der Waals surface area contributed by atoms with Gasteiger partial charge in [-0.3, -0.25) is 14.5 Å². The Morgan fingerprint density at radius 2 is 1.79 bits per heavy atom. The molecule has 1 fully saturated rings.